The number of hydrogen-bond donors (Lipinski definition) is 2. The standard InChI is InChI=1S/C25H21N5O5S2/c1-15-5-8-17(9-6-15)23(32)27-25-30-29-22(37-25)13-21(31)28-26-14-16-7-10-18(19(12-16)34-2)35-24(33)20-4-3-11-36-20/h3-12,14H,13H2,1-2H3,(H,28,31)(H,27,30,32)/b26-14+. The average molecular weight is 536 g/mol. The zero-order chi connectivity index (χ0) is 26.2. The summed E-state index contributed by atoms with van der Waals surface area (Å²) in [6.45, 7) is 1.94. The molecule has 188 valence electrons. The van der Waals surface area contributed by atoms with Crippen molar-refractivity contribution in [2.75, 3.05) is 12.4 Å². The van der Waals surface area contributed by atoms with Crippen molar-refractivity contribution in [2.24, 2.45) is 5.10 Å². The van der Waals surface area contributed by atoms with Gasteiger partial charge in [0.1, 0.15) is 9.88 Å². The molecule has 4 rings (SSSR count). The molecule has 0 spiro atoms. The lowest BCUT2D eigenvalue weighted by Gasteiger charge is -2.09. The molecule has 0 radical (unpaired) electrons. The zero-order valence-corrected chi connectivity index (χ0v) is 21.4. The lowest BCUT2D eigenvalue weighted by atomic mass is 10.1. The van der Waals surface area contributed by atoms with Gasteiger partial charge in [0.25, 0.3) is 5.91 Å². The van der Waals surface area contributed by atoms with E-state index in [2.05, 4.69) is 26.0 Å². The minimum absolute atomic E-state index is 0.0592. The molecule has 0 saturated heterocycles. The molecule has 0 aliphatic heterocycles. The fourth-order valence-corrected chi connectivity index (χ4v) is 4.33. The van der Waals surface area contributed by atoms with E-state index in [1.165, 1.54) is 24.7 Å². The smallest absolute Gasteiger partial charge is 0.353 e. The first-order chi connectivity index (χ1) is 17.9. The van der Waals surface area contributed by atoms with E-state index in [9.17, 15) is 14.4 Å². The first-order valence-electron chi connectivity index (χ1n) is 10.9. The first kappa shape index (κ1) is 25.7. The van der Waals surface area contributed by atoms with E-state index >= 15 is 0 Å². The summed E-state index contributed by atoms with van der Waals surface area (Å²) in [5.41, 5.74) is 4.59. The summed E-state index contributed by atoms with van der Waals surface area (Å²) < 4.78 is 10.7. The van der Waals surface area contributed by atoms with Crippen LogP contribution in [0, 0.1) is 6.92 Å². The van der Waals surface area contributed by atoms with Crippen LogP contribution in [0.1, 0.15) is 36.2 Å². The molecule has 12 heteroatoms. The van der Waals surface area contributed by atoms with E-state index < -0.39 is 11.9 Å². The second-order valence-electron chi connectivity index (χ2n) is 7.57. The third kappa shape index (κ3) is 7.06. The summed E-state index contributed by atoms with van der Waals surface area (Å²) >= 11 is 2.38. The topological polar surface area (TPSA) is 132 Å². The number of nitrogens with zero attached hydrogens (tertiary/aromatic N) is 3. The number of hydrazone groups is 1. The van der Waals surface area contributed by atoms with Crippen LogP contribution in [0.5, 0.6) is 11.5 Å². The highest BCUT2D eigenvalue weighted by Gasteiger charge is 2.14. The van der Waals surface area contributed by atoms with Gasteiger partial charge in [-0.3, -0.25) is 14.9 Å². The van der Waals surface area contributed by atoms with Crippen molar-refractivity contribution in [2.45, 2.75) is 13.3 Å². The lowest BCUT2D eigenvalue weighted by molar-refractivity contribution is -0.120. The fraction of sp³-hybridized carbons (Fsp3) is 0.120. The number of ether oxygens (including phenoxy) is 2. The molecular formula is C25H21N5O5S2. The molecule has 2 heterocycles. The highest BCUT2D eigenvalue weighted by molar-refractivity contribution is 7.15. The van der Waals surface area contributed by atoms with Crippen LogP contribution in [-0.2, 0) is 11.2 Å². The lowest BCUT2D eigenvalue weighted by Crippen LogP contribution is -2.19. The molecule has 4 aromatic rings. The van der Waals surface area contributed by atoms with Gasteiger partial charge in [-0.25, -0.2) is 10.2 Å². The van der Waals surface area contributed by atoms with E-state index in [0.717, 1.165) is 16.9 Å². The van der Waals surface area contributed by atoms with Gasteiger partial charge in [-0.05, 0) is 54.3 Å². The Morgan fingerprint density at radius 1 is 1.05 bits per heavy atom. The number of methoxy groups -OCH3 is 1. The number of anilines is 1. The summed E-state index contributed by atoms with van der Waals surface area (Å²) in [6.07, 6.45) is 1.37. The van der Waals surface area contributed by atoms with Gasteiger partial charge >= 0.3 is 5.97 Å². The van der Waals surface area contributed by atoms with Crippen LogP contribution in [0.3, 0.4) is 0 Å². The predicted octanol–water partition coefficient (Wildman–Crippen LogP) is 4.08. The van der Waals surface area contributed by atoms with E-state index in [1.54, 1.807) is 47.8 Å². The monoisotopic (exact) mass is 535 g/mol. The fourth-order valence-electron chi connectivity index (χ4n) is 3.00. The van der Waals surface area contributed by atoms with Crippen LogP contribution in [-0.4, -0.2) is 41.3 Å². The van der Waals surface area contributed by atoms with Crippen LogP contribution in [0.2, 0.25) is 0 Å². The number of benzene rings is 2. The summed E-state index contributed by atoms with van der Waals surface area (Å²) in [5.74, 6) is -0.578. The van der Waals surface area contributed by atoms with Gasteiger partial charge in [-0.1, -0.05) is 35.1 Å². The maximum atomic E-state index is 12.3. The molecule has 0 aliphatic rings. The molecule has 2 aromatic heterocycles. The Hall–Kier alpha value is -4.42. The summed E-state index contributed by atoms with van der Waals surface area (Å²) in [7, 11) is 1.46. The molecule has 10 nitrogen and oxygen atoms in total. The van der Waals surface area contributed by atoms with Crippen molar-refractivity contribution >= 4 is 51.8 Å². The van der Waals surface area contributed by atoms with Gasteiger partial charge in [-0.15, -0.1) is 21.5 Å². The Morgan fingerprint density at radius 3 is 2.59 bits per heavy atom. The number of amides is 2. The van der Waals surface area contributed by atoms with Crippen LogP contribution in [0.25, 0.3) is 0 Å². The van der Waals surface area contributed by atoms with Crippen molar-refractivity contribution in [1.82, 2.24) is 15.6 Å². The molecule has 37 heavy (non-hydrogen) atoms. The van der Waals surface area contributed by atoms with Gasteiger partial charge in [0.2, 0.25) is 11.0 Å². The third-order valence-electron chi connectivity index (χ3n) is 4.83. The number of aromatic nitrogens is 2. The summed E-state index contributed by atoms with van der Waals surface area (Å²) in [6, 6.07) is 15.4. The summed E-state index contributed by atoms with van der Waals surface area (Å²) in [5, 5.41) is 17.0. The Morgan fingerprint density at radius 2 is 1.86 bits per heavy atom. The highest BCUT2D eigenvalue weighted by atomic mass is 32.1. The zero-order valence-electron chi connectivity index (χ0n) is 19.8. The van der Waals surface area contributed by atoms with E-state index in [0.29, 0.717) is 31.9 Å². The van der Waals surface area contributed by atoms with Crippen LogP contribution in [0.4, 0.5) is 5.13 Å². The maximum absolute atomic E-state index is 12.3. The Kier molecular flexibility index (Phi) is 8.33. The van der Waals surface area contributed by atoms with Crippen LogP contribution < -0.4 is 20.2 Å². The van der Waals surface area contributed by atoms with Gasteiger partial charge in [-0.2, -0.15) is 5.10 Å². The van der Waals surface area contributed by atoms with E-state index in [4.69, 9.17) is 9.47 Å². The van der Waals surface area contributed by atoms with Gasteiger partial charge in [0.15, 0.2) is 11.5 Å². The molecule has 2 amide bonds. The number of carbonyl (C=O) groups excluding carboxylic acids is 3. The van der Waals surface area contributed by atoms with Crippen molar-refractivity contribution in [3.63, 3.8) is 0 Å². The van der Waals surface area contributed by atoms with Crippen molar-refractivity contribution in [1.29, 1.82) is 0 Å². The van der Waals surface area contributed by atoms with Crippen LogP contribution in [0.15, 0.2) is 65.1 Å². The quantitative estimate of drug-likeness (QED) is 0.143. The molecule has 0 atom stereocenters. The predicted molar refractivity (Wildman–Crippen MR) is 141 cm³/mol. The highest BCUT2D eigenvalue weighted by Crippen LogP contribution is 2.29. The number of nitrogens with one attached hydrogen (secondary N) is 2. The average Bonchev–Trinajstić information content (AvgIpc) is 3.58. The van der Waals surface area contributed by atoms with E-state index in [-0.39, 0.29) is 18.1 Å². The van der Waals surface area contributed by atoms with Crippen LogP contribution >= 0.6 is 22.7 Å². The minimum Gasteiger partial charge on any atom is -0.493 e. The molecule has 0 saturated carbocycles. The van der Waals surface area contributed by atoms with Crippen molar-refractivity contribution < 1.29 is 23.9 Å². The number of aryl methyl sites for hydroxylation is 1. The Balaban J connectivity index is 1.29. The van der Waals surface area contributed by atoms with Gasteiger partial charge < -0.3 is 9.47 Å². The Labute approximate surface area is 220 Å². The maximum Gasteiger partial charge on any atom is 0.353 e. The van der Waals surface area contributed by atoms with Gasteiger partial charge in [0.05, 0.1) is 19.7 Å². The SMILES string of the molecule is COc1cc(/C=N/NC(=O)Cc2nnc(NC(=O)c3ccc(C)cc3)s2)ccc1OC(=O)c1cccs1. The molecule has 0 aliphatic carbocycles. The van der Waals surface area contributed by atoms with Gasteiger partial charge in [0, 0.05) is 5.56 Å². The van der Waals surface area contributed by atoms with Crippen molar-refractivity contribution in [3.05, 3.63) is 86.6 Å². The number of rotatable bonds is 9. The van der Waals surface area contributed by atoms with E-state index in [1.807, 2.05) is 19.1 Å². The molecule has 0 fully saturated rings. The third-order valence-corrected chi connectivity index (χ3v) is 6.52. The molecule has 0 bridgehead atoms. The molecular weight excluding hydrogens is 514 g/mol. The summed E-state index contributed by atoms with van der Waals surface area (Å²) in [4.78, 5) is 37.2. The molecule has 2 N–H and O–H groups in total. The van der Waals surface area contributed by atoms with Crippen molar-refractivity contribution in [3.8, 4) is 11.5 Å². The molecule has 0 unspecified atom stereocenters. The second kappa shape index (κ2) is 12.0. The number of hydrogen-bond acceptors (Lipinski definition) is 10. The number of carbonyl (C=O) groups is 3. The minimum atomic E-state index is -0.475. The Bertz CT molecular complexity index is 1430. The first-order valence-corrected chi connectivity index (χ1v) is 12.6. The normalized spacial score (nSPS) is 10.8. The molecule has 2 aromatic carbocycles. The largest absolute Gasteiger partial charge is 0.493 e. The number of thiophene rings is 1. The number of esters is 1. The second-order valence-corrected chi connectivity index (χ2v) is 9.58.